The van der Waals surface area contributed by atoms with E-state index >= 15 is 0 Å². The second-order valence-corrected chi connectivity index (χ2v) is 5.64. The molecule has 0 aromatic heterocycles. The Bertz CT molecular complexity index is 670. The number of carbonyl (C=O) groups excluding carboxylic acids is 1. The van der Waals surface area contributed by atoms with E-state index < -0.39 is 0 Å². The zero-order valence-corrected chi connectivity index (χ0v) is 14.2. The van der Waals surface area contributed by atoms with Crippen molar-refractivity contribution in [2.75, 3.05) is 14.2 Å². The first kappa shape index (κ1) is 17.2. The fourth-order valence-electron chi connectivity index (χ4n) is 2.30. The zero-order chi connectivity index (χ0) is 16.8. The van der Waals surface area contributed by atoms with Crippen LogP contribution in [0.15, 0.2) is 42.5 Å². The molecule has 5 heteroatoms. The minimum atomic E-state index is -0.0834. The highest BCUT2D eigenvalue weighted by Crippen LogP contribution is 2.27. The Labute approximate surface area is 141 Å². The third-order valence-corrected chi connectivity index (χ3v) is 3.81. The van der Waals surface area contributed by atoms with Crippen molar-refractivity contribution in [3.8, 4) is 11.5 Å². The van der Waals surface area contributed by atoms with E-state index in [-0.39, 0.29) is 18.4 Å². The van der Waals surface area contributed by atoms with Crippen molar-refractivity contribution in [1.82, 2.24) is 5.32 Å². The van der Waals surface area contributed by atoms with Crippen LogP contribution in [0.3, 0.4) is 0 Å². The number of rotatable bonds is 6. The normalized spacial score (nSPS) is 11.7. The molecular weight excluding hydrogens is 314 g/mol. The molecule has 2 rings (SSSR count). The van der Waals surface area contributed by atoms with Crippen molar-refractivity contribution in [3.05, 3.63) is 58.6 Å². The van der Waals surface area contributed by atoms with Crippen molar-refractivity contribution >= 4 is 17.5 Å². The topological polar surface area (TPSA) is 47.6 Å². The maximum Gasteiger partial charge on any atom is 0.224 e. The van der Waals surface area contributed by atoms with Crippen LogP contribution in [0, 0.1) is 0 Å². The van der Waals surface area contributed by atoms with E-state index in [0.29, 0.717) is 16.5 Å². The van der Waals surface area contributed by atoms with Crippen molar-refractivity contribution in [3.63, 3.8) is 0 Å². The number of halogens is 1. The van der Waals surface area contributed by atoms with E-state index in [4.69, 9.17) is 21.1 Å². The monoisotopic (exact) mass is 333 g/mol. The summed E-state index contributed by atoms with van der Waals surface area (Å²) in [7, 11) is 3.16. The third kappa shape index (κ3) is 4.63. The predicted octanol–water partition coefficient (Wildman–Crippen LogP) is 3.78. The molecule has 2 aromatic carbocycles. The molecule has 0 aliphatic rings. The minimum absolute atomic E-state index is 0.0559. The second-order valence-electron chi connectivity index (χ2n) is 5.21. The van der Waals surface area contributed by atoms with Crippen molar-refractivity contribution < 1.29 is 14.3 Å². The number of hydrogen-bond donors (Lipinski definition) is 1. The van der Waals surface area contributed by atoms with E-state index in [1.807, 2.05) is 43.3 Å². The molecule has 0 radical (unpaired) electrons. The molecule has 0 aliphatic heterocycles. The van der Waals surface area contributed by atoms with Crippen LogP contribution in [0.2, 0.25) is 5.02 Å². The van der Waals surface area contributed by atoms with Crippen LogP contribution in [-0.4, -0.2) is 20.1 Å². The van der Waals surface area contributed by atoms with Crippen LogP contribution in [0.5, 0.6) is 11.5 Å². The molecule has 0 heterocycles. The van der Waals surface area contributed by atoms with Gasteiger partial charge in [-0.3, -0.25) is 4.79 Å². The maximum atomic E-state index is 12.2. The molecule has 0 saturated heterocycles. The fourth-order valence-corrected chi connectivity index (χ4v) is 2.43. The highest BCUT2D eigenvalue weighted by Gasteiger charge is 2.12. The van der Waals surface area contributed by atoms with Gasteiger partial charge in [-0.25, -0.2) is 0 Å². The largest absolute Gasteiger partial charge is 0.493 e. The number of methoxy groups -OCH3 is 2. The molecule has 0 bridgehead atoms. The number of ether oxygens (including phenoxy) is 2. The van der Waals surface area contributed by atoms with E-state index in [2.05, 4.69) is 5.32 Å². The van der Waals surface area contributed by atoms with Gasteiger partial charge in [0.1, 0.15) is 0 Å². The minimum Gasteiger partial charge on any atom is -0.493 e. The lowest BCUT2D eigenvalue weighted by atomic mass is 10.1. The van der Waals surface area contributed by atoms with Gasteiger partial charge in [0.25, 0.3) is 0 Å². The average molecular weight is 334 g/mol. The van der Waals surface area contributed by atoms with Gasteiger partial charge < -0.3 is 14.8 Å². The number of nitrogens with one attached hydrogen (secondary N) is 1. The zero-order valence-electron chi connectivity index (χ0n) is 13.4. The average Bonchev–Trinajstić information content (AvgIpc) is 2.55. The summed E-state index contributed by atoms with van der Waals surface area (Å²) in [5, 5.41) is 3.65. The van der Waals surface area contributed by atoms with Crippen LogP contribution in [0.25, 0.3) is 0 Å². The first-order valence-corrected chi connectivity index (χ1v) is 7.67. The van der Waals surface area contributed by atoms with Gasteiger partial charge in [-0.15, -0.1) is 0 Å². The van der Waals surface area contributed by atoms with E-state index in [9.17, 15) is 4.79 Å². The van der Waals surface area contributed by atoms with E-state index in [1.165, 1.54) is 0 Å². The third-order valence-electron chi connectivity index (χ3n) is 3.56. The molecule has 4 nitrogen and oxygen atoms in total. The Balaban J connectivity index is 2.00. The fraction of sp³-hybridized carbons (Fsp3) is 0.278. The van der Waals surface area contributed by atoms with Crippen LogP contribution in [0.1, 0.15) is 24.1 Å². The van der Waals surface area contributed by atoms with Crippen LogP contribution in [-0.2, 0) is 11.2 Å². The number of hydrogen-bond acceptors (Lipinski definition) is 3. The lowest BCUT2D eigenvalue weighted by Crippen LogP contribution is -2.28. The first-order chi connectivity index (χ1) is 11.0. The number of amides is 1. The Morgan fingerprint density at radius 2 is 1.74 bits per heavy atom. The van der Waals surface area contributed by atoms with Gasteiger partial charge in [-0.2, -0.15) is 0 Å². The Kier molecular flexibility index (Phi) is 5.88. The van der Waals surface area contributed by atoms with Gasteiger partial charge in [0.05, 0.1) is 26.7 Å². The van der Waals surface area contributed by atoms with Gasteiger partial charge in [0, 0.05) is 5.02 Å². The van der Waals surface area contributed by atoms with E-state index in [1.54, 1.807) is 20.3 Å². The standard InChI is InChI=1S/C18H20ClNO3/c1-12(14-5-7-15(19)8-6-14)20-18(21)11-13-4-9-16(22-2)17(10-13)23-3/h4-10,12H,11H2,1-3H3,(H,20,21)/t12-/m0/s1. The van der Waals surface area contributed by atoms with Gasteiger partial charge in [-0.05, 0) is 42.3 Å². The molecule has 0 spiro atoms. The van der Waals surface area contributed by atoms with Crippen molar-refractivity contribution in [2.24, 2.45) is 0 Å². The summed E-state index contributed by atoms with van der Waals surface area (Å²) in [6, 6.07) is 12.8. The highest BCUT2D eigenvalue weighted by molar-refractivity contribution is 6.30. The van der Waals surface area contributed by atoms with Gasteiger partial charge in [-0.1, -0.05) is 29.8 Å². The Morgan fingerprint density at radius 3 is 2.35 bits per heavy atom. The molecular formula is C18H20ClNO3. The predicted molar refractivity (Wildman–Crippen MR) is 91.3 cm³/mol. The SMILES string of the molecule is COc1ccc(CC(=O)N[C@@H](C)c2ccc(Cl)cc2)cc1OC. The summed E-state index contributed by atoms with van der Waals surface area (Å²) in [5.41, 5.74) is 1.87. The van der Waals surface area contributed by atoms with Crippen molar-refractivity contribution in [1.29, 1.82) is 0 Å². The molecule has 0 fully saturated rings. The number of carbonyl (C=O) groups is 1. The number of benzene rings is 2. The summed E-state index contributed by atoms with van der Waals surface area (Å²) in [5.74, 6) is 1.20. The van der Waals surface area contributed by atoms with Crippen LogP contribution >= 0.6 is 11.6 Å². The van der Waals surface area contributed by atoms with Crippen LogP contribution in [0.4, 0.5) is 0 Å². The van der Waals surface area contributed by atoms with E-state index in [0.717, 1.165) is 11.1 Å². The summed E-state index contributed by atoms with van der Waals surface area (Å²) in [6.07, 6.45) is 0.276. The highest BCUT2D eigenvalue weighted by atomic mass is 35.5. The molecule has 1 atom stereocenters. The van der Waals surface area contributed by atoms with Gasteiger partial charge in [0.15, 0.2) is 11.5 Å². The van der Waals surface area contributed by atoms with Crippen LogP contribution < -0.4 is 14.8 Å². The lowest BCUT2D eigenvalue weighted by molar-refractivity contribution is -0.121. The molecule has 1 amide bonds. The molecule has 23 heavy (non-hydrogen) atoms. The van der Waals surface area contributed by atoms with Crippen molar-refractivity contribution in [2.45, 2.75) is 19.4 Å². The summed E-state index contributed by atoms with van der Waals surface area (Å²) >= 11 is 5.87. The smallest absolute Gasteiger partial charge is 0.224 e. The molecule has 0 unspecified atom stereocenters. The van der Waals surface area contributed by atoms with Gasteiger partial charge >= 0.3 is 0 Å². The molecule has 1 N–H and O–H groups in total. The molecule has 0 aliphatic carbocycles. The molecule has 0 saturated carbocycles. The Morgan fingerprint density at radius 1 is 1.09 bits per heavy atom. The molecule has 2 aromatic rings. The quantitative estimate of drug-likeness (QED) is 0.875. The lowest BCUT2D eigenvalue weighted by Gasteiger charge is -2.15. The summed E-state index contributed by atoms with van der Waals surface area (Å²) in [6.45, 7) is 1.94. The van der Waals surface area contributed by atoms with Gasteiger partial charge in [0.2, 0.25) is 5.91 Å². The first-order valence-electron chi connectivity index (χ1n) is 7.29. The summed E-state index contributed by atoms with van der Waals surface area (Å²) < 4.78 is 10.4. The second kappa shape index (κ2) is 7.88. The Hall–Kier alpha value is -2.20. The summed E-state index contributed by atoms with van der Waals surface area (Å²) in [4.78, 5) is 12.2. The maximum absolute atomic E-state index is 12.2. The molecule has 122 valence electrons.